The molecule has 4 nitrogen and oxygen atoms in total. The maximum atomic E-state index is 10.5. The lowest BCUT2D eigenvalue weighted by Gasteiger charge is -2.24. The fourth-order valence-corrected chi connectivity index (χ4v) is 2.89. The van der Waals surface area contributed by atoms with E-state index in [0.29, 0.717) is 6.04 Å². The van der Waals surface area contributed by atoms with Crippen molar-refractivity contribution in [1.29, 1.82) is 0 Å². The molecule has 1 heterocycles. The molecule has 0 saturated carbocycles. The standard InChI is InChI=1S/C17H23NO3/c19-12-2-4-16-3-1-11-18(16)13-15-7-5-14(6-8-15)9-10-17(20)21/h5-10,16,19H,1-4,11-13H2,(H,20,21). The van der Waals surface area contributed by atoms with Gasteiger partial charge in [-0.15, -0.1) is 0 Å². The summed E-state index contributed by atoms with van der Waals surface area (Å²) < 4.78 is 0. The third kappa shape index (κ3) is 4.99. The van der Waals surface area contributed by atoms with Crippen LogP contribution in [0, 0.1) is 0 Å². The van der Waals surface area contributed by atoms with Gasteiger partial charge in [-0.3, -0.25) is 4.90 Å². The summed E-state index contributed by atoms with van der Waals surface area (Å²) in [5, 5.41) is 17.6. The Morgan fingerprint density at radius 1 is 1.33 bits per heavy atom. The Labute approximate surface area is 125 Å². The Morgan fingerprint density at radius 3 is 2.76 bits per heavy atom. The third-order valence-electron chi connectivity index (χ3n) is 3.98. The van der Waals surface area contributed by atoms with E-state index in [9.17, 15) is 4.79 Å². The van der Waals surface area contributed by atoms with E-state index >= 15 is 0 Å². The molecular formula is C17H23NO3. The van der Waals surface area contributed by atoms with E-state index in [2.05, 4.69) is 17.0 Å². The van der Waals surface area contributed by atoms with E-state index < -0.39 is 5.97 Å². The van der Waals surface area contributed by atoms with Crippen LogP contribution in [0.3, 0.4) is 0 Å². The van der Waals surface area contributed by atoms with Gasteiger partial charge in [-0.2, -0.15) is 0 Å². The second-order valence-electron chi connectivity index (χ2n) is 5.55. The van der Waals surface area contributed by atoms with Crippen molar-refractivity contribution in [2.75, 3.05) is 13.2 Å². The first-order valence-electron chi connectivity index (χ1n) is 7.54. The van der Waals surface area contributed by atoms with Gasteiger partial charge in [0.15, 0.2) is 0 Å². The van der Waals surface area contributed by atoms with Crippen LogP contribution >= 0.6 is 0 Å². The number of likely N-dealkylation sites (tertiary alicyclic amines) is 1. The van der Waals surface area contributed by atoms with Crippen LogP contribution in [-0.4, -0.2) is 40.3 Å². The van der Waals surface area contributed by atoms with Gasteiger partial charge >= 0.3 is 5.97 Å². The van der Waals surface area contributed by atoms with Crippen molar-refractivity contribution in [3.8, 4) is 0 Å². The van der Waals surface area contributed by atoms with Crippen LogP contribution in [0.25, 0.3) is 6.08 Å². The van der Waals surface area contributed by atoms with Crippen molar-refractivity contribution in [1.82, 2.24) is 4.90 Å². The lowest BCUT2D eigenvalue weighted by Crippen LogP contribution is -2.29. The molecule has 2 N–H and O–H groups in total. The molecule has 0 amide bonds. The normalized spacial score (nSPS) is 19.4. The summed E-state index contributed by atoms with van der Waals surface area (Å²) in [6.45, 7) is 2.32. The quantitative estimate of drug-likeness (QED) is 0.757. The van der Waals surface area contributed by atoms with Crippen molar-refractivity contribution in [2.45, 2.75) is 38.3 Å². The van der Waals surface area contributed by atoms with Crippen LogP contribution in [0.4, 0.5) is 0 Å². The largest absolute Gasteiger partial charge is 0.478 e. The highest BCUT2D eigenvalue weighted by atomic mass is 16.4. The van der Waals surface area contributed by atoms with Gasteiger partial charge in [0.2, 0.25) is 0 Å². The number of nitrogens with zero attached hydrogens (tertiary/aromatic N) is 1. The van der Waals surface area contributed by atoms with Gasteiger partial charge < -0.3 is 10.2 Å². The summed E-state index contributed by atoms with van der Waals surface area (Å²) in [5.74, 6) is -0.928. The van der Waals surface area contributed by atoms with Crippen LogP contribution in [0.5, 0.6) is 0 Å². The van der Waals surface area contributed by atoms with Crippen molar-refractivity contribution in [2.24, 2.45) is 0 Å². The molecule has 0 bridgehead atoms. The molecule has 1 aliphatic heterocycles. The minimum Gasteiger partial charge on any atom is -0.478 e. The minimum atomic E-state index is -0.928. The van der Waals surface area contributed by atoms with Gasteiger partial charge in [0.25, 0.3) is 0 Å². The van der Waals surface area contributed by atoms with Crippen molar-refractivity contribution < 1.29 is 15.0 Å². The molecule has 0 aromatic heterocycles. The minimum absolute atomic E-state index is 0.273. The molecule has 1 aliphatic rings. The molecule has 1 aromatic rings. The molecule has 21 heavy (non-hydrogen) atoms. The van der Waals surface area contributed by atoms with Gasteiger partial charge in [-0.25, -0.2) is 4.79 Å². The molecule has 1 saturated heterocycles. The maximum absolute atomic E-state index is 10.5. The fourth-order valence-electron chi connectivity index (χ4n) is 2.89. The van der Waals surface area contributed by atoms with Gasteiger partial charge in [0.05, 0.1) is 0 Å². The van der Waals surface area contributed by atoms with Crippen LogP contribution in [-0.2, 0) is 11.3 Å². The molecule has 0 radical (unpaired) electrons. The summed E-state index contributed by atoms with van der Waals surface area (Å²) in [6.07, 6.45) is 7.15. The Morgan fingerprint density at radius 2 is 2.10 bits per heavy atom. The lowest BCUT2D eigenvalue weighted by atomic mass is 10.1. The van der Waals surface area contributed by atoms with Gasteiger partial charge in [-0.05, 0) is 49.4 Å². The zero-order valence-electron chi connectivity index (χ0n) is 12.2. The molecule has 4 heteroatoms. The summed E-state index contributed by atoms with van der Waals surface area (Å²) >= 11 is 0. The Balaban J connectivity index is 1.91. The number of aliphatic hydroxyl groups is 1. The lowest BCUT2D eigenvalue weighted by molar-refractivity contribution is -0.131. The maximum Gasteiger partial charge on any atom is 0.328 e. The third-order valence-corrected chi connectivity index (χ3v) is 3.98. The second kappa shape index (κ2) is 7.96. The molecular weight excluding hydrogens is 266 g/mol. The van der Waals surface area contributed by atoms with Gasteiger partial charge in [0, 0.05) is 25.3 Å². The molecule has 1 aromatic carbocycles. The number of hydrogen-bond acceptors (Lipinski definition) is 3. The average molecular weight is 289 g/mol. The summed E-state index contributed by atoms with van der Waals surface area (Å²) in [4.78, 5) is 13.0. The van der Waals surface area contributed by atoms with E-state index in [4.69, 9.17) is 10.2 Å². The van der Waals surface area contributed by atoms with E-state index in [1.807, 2.05) is 12.1 Å². The smallest absolute Gasteiger partial charge is 0.328 e. The Bertz CT molecular complexity index is 481. The monoisotopic (exact) mass is 289 g/mol. The van der Waals surface area contributed by atoms with Gasteiger partial charge in [-0.1, -0.05) is 24.3 Å². The molecule has 1 unspecified atom stereocenters. The Hall–Kier alpha value is -1.65. The molecule has 2 rings (SSSR count). The SMILES string of the molecule is O=C(O)C=Cc1ccc(CN2CCCC2CCCO)cc1. The molecule has 0 aliphatic carbocycles. The number of carboxylic acids is 1. The number of carbonyl (C=O) groups is 1. The number of benzene rings is 1. The summed E-state index contributed by atoms with van der Waals surface area (Å²) in [5.41, 5.74) is 2.15. The summed E-state index contributed by atoms with van der Waals surface area (Å²) in [7, 11) is 0. The van der Waals surface area contributed by atoms with Crippen LogP contribution in [0.15, 0.2) is 30.3 Å². The molecule has 114 valence electrons. The molecule has 1 fully saturated rings. The van der Waals surface area contributed by atoms with Crippen molar-refractivity contribution in [3.63, 3.8) is 0 Å². The zero-order valence-corrected chi connectivity index (χ0v) is 12.2. The number of carboxylic acid groups (broad SMARTS) is 1. The topological polar surface area (TPSA) is 60.8 Å². The molecule has 1 atom stereocenters. The highest BCUT2D eigenvalue weighted by Crippen LogP contribution is 2.23. The first kappa shape index (κ1) is 15.7. The Kier molecular flexibility index (Phi) is 5.96. The van der Waals surface area contributed by atoms with Crippen LogP contribution in [0.2, 0.25) is 0 Å². The predicted molar refractivity (Wildman–Crippen MR) is 82.9 cm³/mol. The van der Waals surface area contributed by atoms with E-state index in [0.717, 1.165) is 37.6 Å². The van der Waals surface area contributed by atoms with E-state index in [1.165, 1.54) is 18.4 Å². The number of hydrogen-bond donors (Lipinski definition) is 2. The first-order valence-corrected chi connectivity index (χ1v) is 7.54. The van der Waals surface area contributed by atoms with E-state index in [1.54, 1.807) is 6.08 Å². The van der Waals surface area contributed by atoms with Gasteiger partial charge in [0.1, 0.15) is 0 Å². The van der Waals surface area contributed by atoms with Crippen LogP contribution in [0.1, 0.15) is 36.8 Å². The van der Waals surface area contributed by atoms with Crippen molar-refractivity contribution >= 4 is 12.0 Å². The van der Waals surface area contributed by atoms with Crippen molar-refractivity contribution in [3.05, 3.63) is 41.5 Å². The van der Waals surface area contributed by atoms with Crippen LogP contribution < -0.4 is 0 Å². The predicted octanol–water partition coefficient (Wildman–Crippen LogP) is 2.52. The second-order valence-corrected chi connectivity index (χ2v) is 5.55. The molecule has 0 spiro atoms. The number of aliphatic carboxylic acids is 1. The fraction of sp³-hybridized carbons (Fsp3) is 0.471. The first-order chi connectivity index (χ1) is 10.2. The highest BCUT2D eigenvalue weighted by Gasteiger charge is 2.23. The highest BCUT2D eigenvalue weighted by molar-refractivity contribution is 5.85. The number of aliphatic hydroxyl groups excluding tert-OH is 1. The van der Waals surface area contributed by atoms with E-state index in [-0.39, 0.29) is 6.61 Å². The number of rotatable bonds is 7. The average Bonchev–Trinajstić information content (AvgIpc) is 2.91. The zero-order chi connectivity index (χ0) is 15.1. The summed E-state index contributed by atoms with van der Waals surface area (Å²) in [6, 6.07) is 8.61.